The van der Waals surface area contributed by atoms with Crippen molar-refractivity contribution < 1.29 is 40.6 Å². The molecule has 0 spiro atoms. The van der Waals surface area contributed by atoms with Gasteiger partial charge in [-0.3, -0.25) is 0 Å². The van der Waals surface area contributed by atoms with Gasteiger partial charge in [-0.25, -0.2) is 22.9 Å². The van der Waals surface area contributed by atoms with Crippen molar-refractivity contribution in [1.29, 1.82) is 0 Å². The highest BCUT2D eigenvalue weighted by molar-refractivity contribution is 5.87. The minimum Gasteiger partial charge on any atom is -0.464 e. The molecule has 0 N–H and O–H groups in total. The van der Waals surface area contributed by atoms with Crippen LogP contribution in [-0.4, -0.2) is 24.4 Å². The summed E-state index contributed by atoms with van der Waals surface area (Å²) in [6.07, 6.45) is -8.78. The molecule has 0 atom stereocenters. The predicted octanol–water partition coefficient (Wildman–Crippen LogP) is 2.84. The van der Waals surface area contributed by atoms with E-state index in [0.717, 1.165) is 7.11 Å². The van der Waals surface area contributed by atoms with E-state index >= 15 is 0 Å². The average molecular weight is 289 g/mol. The average Bonchev–Trinajstić information content (AvgIpc) is 2.27. The van der Waals surface area contributed by atoms with Gasteiger partial charge in [0.1, 0.15) is 0 Å². The fourth-order valence-corrected chi connectivity index (χ4v) is 1.07. The Bertz CT molecular complexity index is 488. The van der Waals surface area contributed by atoms with Crippen LogP contribution >= 0.6 is 0 Å². The van der Waals surface area contributed by atoms with Crippen LogP contribution in [0.1, 0.15) is 22.5 Å². The lowest BCUT2D eigenvalue weighted by atomic mass is 10.2. The normalized spacial score (nSPS) is 11.6. The van der Waals surface area contributed by atoms with Crippen LogP contribution in [-0.2, 0) is 4.74 Å². The summed E-state index contributed by atoms with van der Waals surface area (Å²) in [6, 6.07) is 0.0327. The van der Waals surface area contributed by atoms with Crippen molar-refractivity contribution in [2.24, 2.45) is 0 Å². The van der Waals surface area contributed by atoms with E-state index in [1.165, 1.54) is 0 Å². The SMILES string of the molecule is COC(=O)c1nc(OC(F)(F)F)c(C(F)F)cc1F. The number of carbonyl (C=O) groups excluding carboxylic acids is 1. The third kappa shape index (κ3) is 3.73. The van der Waals surface area contributed by atoms with Gasteiger partial charge in [-0.15, -0.1) is 13.2 Å². The van der Waals surface area contributed by atoms with Crippen LogP contribution in [0.3, 0.4) is 0 Å². The second-order valence-electron chi connectivity index (χ2n) is 3.05. The second-order valence-corrected chi connectivity index (χ2v) is 3.05. The van der Waals surface area contributed by atoms with Crippen molar-refractivity contribution in [3.8, 4) is 5.88 Å². The van der Waals surface area contributed by atoms with Gasteiger partial charge in [0.15, 0.2) is 11.5 Å². The van der Waals surface area contributed by atoms with E-state index in [0.29, 0.717) is 0 Å². The number of carbonyl (C=O) groups is 1. The van der Waals surface area contributed by atoms with Gasteiger partial charge in [0.2, 0.25) is 5.88 Å². The molecule has 1 rings (SSSR count). The third-order valence-electron chi connectivity index (χ3n) is 1.79. The zero-order valence-electron chi connectivity index (χ0n) is 9.09. The Morgan fingerprint density at radius 1 is 1.37 bits per heavy atom. The molecule has 0 unspecified atom stereocenters. The number of halogens is 6. The van der Waals surface area contributed by atoms with E-state index in [2.05, 4.69) is 14.5 Å². The Balaban J connectivity index is 3.35. The van der Waals surface area contributed by atoms with Crippen molar-refractivity contribution in [2.45, 2.75) is 12.8 Å². The van der Waals surface area contributed by atoms with Crippen molar-refractivity contribution in [3.05, 3.63) is 23.1 Å². The minimum absolute atomic E-state index is 0.0327. The molecule has 1 aromatic heterocycles. The first-order chi connectivity index (χ1) is 8.65. The zero-order chi connectivity index (χ0) is 14.8. The van der Waals surface area contributed by atoms with E-state index < -0.39 is 41.7 Å². The predicted molar refractivity (Wildman–Crippen MR) is 47.2 cm³/mol. The number of ether oxygens (including phenoxy) is 2. The second kappa shape index (κ2) is 5.33. The summed E-state index contributed by atoms with van der Waals surface area (Å²) >= 11 is 0. The van der Waals surface area contributed by atoms with Crippen LogP contribution in [0, 0.1) is 5.82 Å². The van der Waals surface area contributed by atoms with Gasteiger partial charge in [-0.2, -0.15) is 0 Å². The number of pyridine rings is 1. The molecule has 1 heterocycles. The Labute approximate surface area is 101 Å². The van der Waals surface area contributed by atoms with Crippen LogP contribution in [0.25, 0.3) is 0 Å². The summed E-state index contributed by atoms with van der Waals surface area (Å²) in [4.78, 5) is 13.8. The summed E-state index contributed by atoms with van der Waals surface area (Å²) < 4.78 is 81.3. The summed E-state index contributed by atoms with van der Waals surface area (Å²) in [6.45, 7) is 0. The highest BCUT2D eigenvalue weighted by atomic mass is 19.4. The molecule has 0 fully saturated rings. The number of methoxy groups -OCH3 is 1. The third-order valence-corrected chi connectivity index (χ3v) is 1.79. The molecule has 0 aromatic carbocycles. The van der Waals surface area contributed by atoms with Crippen molar-refractivity contribution in [1.82, 2.24) is 4.98 Å². The number of alkyl halides is 5. The molecule has 1 aromatic rings. The summed E-state index contributed by atoms with van der Waals surface area (Å²) in [5.74, 6) is -4.58. The zero-order valence-corrected chi connectivity index (χ0v) is 9.09. The number of rotatable bonds is 3. The summed E-state index contributed by atoms with van der Waals surface area (Å²) in [7, 11) is 0.814. The fraction of sp³-hybridized carbons (Fsp3) is 0.333. The first-order valence-corrected chi connectivity index (χ1v) is 4.48. The first-order valence-electron chi connectivity index (χ1n) is 4.48. The molecule has 0 saturated heterocycles. The summed E-state index contributed by atoms with van der Waals surface area (Å²) in [5.41, 5.74) is -2.62. The maximum absolute atomic E-state index is 13.2. The van der Waals surface area contributed by atoms with Gasteiger partial charge in [0.25, 0.3) is 6.43 Å². The molecule has 4 nitrogen and oxygen atoms in total. The Morgan fingerprint density at radius 3 is 2.37 bits per heavy atom. The topological polar surface area (TPSA) is 48.4 Å². The van der Waals surface area contributed by atoms with Crippen molar-refractivity contribution >= 4 is 5.97 Å². The standard InChI is InChI=1S/C9H5F6NO3/c1-18-8(17)5-4(10)2-3(6(11)12)7(16-5)19-9(13,14)15/h2,6H,1H3. The lowest BCUT2D eigenvalue weighted by molar-refractivity contribution is -0.276. The highest BCUT2D eigenvalue weighted by Gasteiger charge is 2.35. The number of esters is 1. The van der Waals surface area contributed by atoms with E-state index in [1.54, 1.807) is 0 Å². The molecule has 106 valence electrons. The lowest BCUT2D eigenvalue weighted by Gasteiger charge is -2.13. The molecule has 0 radical (unpaired) electrons. The molecular formula is C9H5F6NO3. The molecule has 0 aliphatic carbocycles. The molecule has 0 bridgehead atoms. The molecule has 10 heteroatoms. The number of hydrogen-bond donors (Lipinski definition) is 0. The van der Waals surface area contributed by atoms with Crippen LogP contribution in [0.15, 0.2) is 6.07 Å². The first kappa shape index (κ1) is 15.1. The molecule has 0 amide bonds. The van der Waals surface area contributed by atoms with Gasteiger partial charge in [-0.1, -0.05) is 0 Å². The van der Waals surface area contributed by atoms with Gasteiger partial charge in [0.05, 0.1) is 12.7 Å². The lowest BCUT2D eigenvalue weighted by Crippen LogP contribution is -2.21. The van der Waals surface area contributed by atoms with Crippen molar-refractivity contribution in [3.63, 3.8) is 0 Å². The largest absolute Gasteiger partial charge is 0.574 e. The quantitative estimate of drug-likeness (QED) is 0.634. The van der Waals surface area contributed by atoms with Gasteiger partial charge in [0, 0.05) is 0 Å². The van der Waals surface area contributed by atoms with Crippen LogP contribution in [0.4, 0.5) is 26.3 Å². The van der Waals surface area contributed by atoms with E-state index in [1.807, 2.05) is 0 Å². The van der Waals surface area contributed by atoms with Gasteiger partial charge in [-0.05, 0) is 6.07 Å². The van der Waals surface area contributed by atoms with Gasteiger partial charge < -0.3 is 9.47 Å². The maximum Gasteiger partial charge on any atom is 0.574 e. The minimum atomic E-state index is -5.32. The monoisotopic (exact) mass is 289 g/mol. The molecule has 19 heavy (non-hydrogen) atoms. The number of hydrogen-bond acceptors (Lipinski definition) is 4. The highest BCUT2D eigenvalue weighted by Crippen LogP contribution is 2.32. The number of aromatic nitrogens is 1. The van der Waals surface area contributed by atoms with E-state index in [4.69, 9.17) is 0 Å². The van der Waals surface area contributed by atoms with Crippen LogP contribution in [0.5, 0.6) is 5.88 Å². The molecule has 0 aliphatic heterocycles. The smallest absolute Gasteiger partial charge is 0.464 e. The number of nitrogens with zero attached hydrogens (tertiary/aromatic N) is 1. The Kier molecular flexibility index (Phi) is 4.22. The fourth-order valence-electron chi connectivity index (χ4n) is 1.07. The van der Waals surface area contributed by atoms with Gasteiger partial charge >= 0.3 is 12.3 Å². The Hall–Kier alpha value is -2.00. The van der Waals surface area contributed by atoms with E-state index in [-0.39, 0.29) is 6.07 Å². The van der Waals surface area contributed by atoms with Crippen molar-refractivity contribution in [2.75, 3.05) is 7.11 Å². The molecule has 0 saturated carbocycles. The van der Waals surface area contributed by atoms with Crippen LogP contribution in [0.2, 0.25) is 0 Å². The summed E-state index contributed by atoms with van der Waals surface area (Å²) in [5, 5.41) is 0. The van der Waals surface area contributed by atoms with E-state index in [9.17, 15) is 31.1 Å². The molecule has 0 aliphatic rings. The van der Waals surface area contributed by atoms with Crippen LogP contribution < -0.4 is 4.74 Å². The maximum atomic E-state index is 13.2. The molecular weight excluding hydrogens is 284 g/mol. The Morgan fingerprint density at radius 2 is 1.95 bits per heavy atom.